The summed E-state index contributed by atoms with van der Waals surface area (Å²) in [6.45, 7) is 0. The van der Waals surface area contributed by atoms with E-state index in [0.717, 1.165) is 5.56 Å². The Labute approximate surface area is 127 Å². The molecule has 0 aliphatic heterocycles. The van der Waals surface area contributed by atoms with Crippen LogP contribution in [0.3, 0.4) is 0 Å². The first-order valence-corrected chi connectivity index (χ1v) is 6.63. The number of benzene rings is 1. The van der Waals surface area contributed by atoms with Gasteiger partial charge < -0.3 is 10.6 Å². The van der Waals surface area contributed by atoms with Crippen LogP contribution in [0.1, 0.15) is 16.1 Å². The van der Waals surface area contributed by atoms with E-state index in [9.17, 15) is 4.79 Å². The van der Waals surface area contributed by atoms with E-state index in [4.69, 9.17) is 16.9 Å². The summed E-state index contributed by atoms with van der Waals surface area (Å²) in [4.78, 5) is 16.3. The Balaban J connectivity index is 2.16. The quantitative estimate of drug-likeness (QED) is 0.909. The maximum atomic E-state index is 12.2. The summed E-state index contributed by atoms with van der Waals surface area (Å²) < 4.78 is 0. The van der Waals surface area contributed by atoms with Crippen molar-refractivity contribution in [2.45, 2.75) is 6.42 Å². The zero-order chi connectivity index (χ0) is 15.2. The van der Waals surface area contributed by atoms with E-state index in [0.29, 0.717) is 17.9 Å². The van der Waals surface area contributed by atoms with E-state index in [1.165, 1.54) is 0 Å². The van der Waals surface area contributed by atoms with Crippen LogP contribution >= 0.6 is 11.6 Å². The van der Waals surface area contributed by atoms with E-state index in [1.54, 1.807) is 43.4 Å². The molecule has 0 unspecified atom stereocenters. The number of pyridine rings is 1. The van der Waals surface area contributed by atoms with Gasteiger partial charge in [0.1, 0.15) is 11.5 Å². The van der Waals surface area contributed by atoms with Crippen LogP contribution in [0.25, 0.3) is 0 Å². The molecule has 0 saturated carbocycles. The lowest BCUT2D eigenvalue weighted by atomic mass is 10.1. The Kier molecular flexibility index (Phi) is 4.75. The Hall–Kier alpha value is -2.58. The number of nitriles is 1. The van der Waals surface area contributed by atoms with Crippen LogP contribution in [0.2, 0.25) is 5.02 Å². The van der Waals surface area contributed by atoms with E-state index in [-0.39, 0.29) is 16.6 Å². The number of rotatable bonds is 4. The summed E-state index contributed by atoms with van der Waals surface area (Å²) in [5.41, 5.74) is 1.67. The molecule has 5 nitrogen and oxygen atoms in total. The highest BCUT2D eigenvalue weighted by molar-refractivity contribution is 6.34. The monoisotopic (exact) mass is 300 g/mol. The van der Waals surface area contributed by atoms with Crippen molar-refractivity contribution in [3.05, 3.63) is 52.7 Å². The summed E-state index contributed by atoms with van der Waals surface area (Å²) in [5.74, 6) is 0.180. The highest BCUT2D eigenvalue weighted by atomic mass is 35.5. The highest BCUT2D eigenvalue weighted by Gasteiger charge is 2.13. The van der Waals surface area contributed by atoms with Crippen LogP contribution in [0.4, 0.5) is 11.5 Å². The zero-order valence-electron chi connectivity index (χ0n) is 11.4. The third-order valence-corrected chi connectivity index (χ3v) is 3.12. The SMILES string of the molecule is CNc1ccc(Cl)c(C(=O)Nc2ccc(CC#N)cc2)n1. The van der Waals surface area contributed by atoms with Crippen LogP contribution in [0, 0.1) is 11.3 Å². The number of carbonyl (C=O) groups excluding carboxylic acids is 1. The summed E-state index contributed by atoms with van der Waals surface area (Å²) in [6.07, 6.45) is 0.339. The minimum atomic E-state index is -0.384. The van der Waals surface area contributed by atoms with E-state index >= 15 is 0 Å². The molecule has 21 heavy (non-hydrogen) atoms. The number of aromatic nitrogens is 1. The van der Waals surface area contributed by atoms with Gasteiger partial charge in [0.15, 0.2) is 0 Å². The molecule has 0 aliphatic rings. The first-order valence-electron chi connectivity index (χ1n) is 6.25. The second kappa shape index (κ2) is 6.73. The fourth-order valence-corrected chi connectivity index (χ4v) is 1.92. The average Bonchev–Trinajstić information content (AvgIpc) is 2.50. The molecule has 0 atom stereocenters. The highest BCUT2D eigenvalue weighted by Crippen LogP contribution is 2.18. The number of hydrogen-bond acceptors (Lipinski definition) is 4. The van der Waals surface area contributed by atoms with Crippen molar-refractivity contribution in [3.63, 3.8) is 0 Å². The van der Waals surface area contributed by atoms with Gasteiger partial charge in [-0.05, 0) is 29.8 Å². The lowest BCUT2D eigenvalue weighted by molar-refractivity contribution is 0.102. The molecule has 1 aromatic heterocycles. The molecular weight excluding hydrogens is 288 g/mol. The lowest BCUT2D eigenvalue weighted by Gasteiger charge is -2.08. The van der Waals surface area contributed by atoms with Gasteiger partial charge in [0.05, 0.1) is 17.5 Å². The molecular formula is C15H13ClN4O. The third kappa shape index (κ3) is 3.71. The normalized spacial score (nSPS) is 9.76. The smallest absolute Gasteiger partial charge is 0.275 e. The van der Waals surface area contributed by atoms with Crippen molar-refractivity contribution in [2.75, 3.05) is 17.7 Å². The number of nitrogens with one attached hydrogen (secondary N) is 2. The van der Waals surface area contributed by atoms with Crippen molar-refractivity contribution < 1.29 is 4.79 Å². The van der Waals surface area contributed by atoms with Gasteiger partial charge in [0, 0.05) is 12.7 Å². The van der Waals surface area contributed by atoms with Gasteiger partial charge in [-0.15, -0.1) is 0 Å². The second-order valence-electron chi connectivity index (χ2n) is 4.26. The van der Waals surface area contributed by atoms with Gasteiger partial charge in [-0.25, -0.2) is 4.98 Å². The van der Waals surface area contributed by atoms with Gasteiger partial charge in [-0.3, -0.25) is 4.79 Å². The molecule has 0 bridgehead atoms. The number of anilines is 2. The Bertz CT molecular complexity index is 692. The third-order valence-electron chi connectivity index (χ3n) is 2.81. The topological polar surface area (TPSA) is 77.8 Å². The number of carbonyl (C=O) groups is 1. The zero-order valence-corrected chi connectivity index (χ0v) is 12.1. The molecule has 2 aromatic rings. The largest absolute Gasteiger partial charge is 0.373 e. The number of hydrogen-bond donors (Lipinski definition) is 2. The molecule has 0 radical (unpaired) electrons. The molecule has 1 heterocycles. The molecule has 1 amide bonds. The van der Waals surface area contributed by atoms with Crippen molar-refractivity contribution >= 4 is 29.0 Å². The van der Waals surface area contributed by atoms with E-state index in [2.05, 4.69) is 21.7 Å². The van der Waals surface area contributed by atoms with Crippen LogP contribution in [-0.2, 0) is 6.42 Å². The second-order valence-corrected chi connectivity index (χ2v) is 4.67. The lowest BCUT2D eigenvalue weighted by Crippen LogP contribution is -2.15. The number of nitrogens with zero attached hydrogens (tertiary/aromatic N) is 2. The first-order chi connectivity index (χ1) is 10.1. The molecule has 0 saturated heterocycles. The predicted octanol–water partition coefficient (Wildman–Crippen LogP) is 3.10. The predicted molar refractivity (Wildman–Crippen MR) is 82.5 cm³/mol. The summed E-state index contributed by atoms with van der Waals surface area (Å²) in [6, 6.07) is 12.4. The van der Waals surface area contributed by atoms with Gasteiger partial charge in [0.2, 0.25) is 0 Å². The minimum absolute atomic E-state index is 0.157. The van der Waals surface area contributed by atoms with Crippen LogP contribution in [-0.4, -0.2) is 17.9 Å². The summed E-state index contributed by atoms with van der Waals surface area (Å²) in [7, 11) is 1.71. The van der Waals surface area contributed by atoms with Crippen molar-refractivity contribution in [2.24, 2.45) is 0 Å². The Morgan fingerprint density at radius 3 is 2.62 bits per heavy atom. The maximum absolute atomic E-state index is 12.2. The van der Waals surface area contributed by atoms with Crippen molar-refractivity contribution in [1.82, 2.24) is 4.98 Å². The van der Waals surface area contributed by atoms with Crippen LogP contribution in [0.15, 0.2) is 36.4 Å². The molecule has 2 N–H and O–H groups in total. The molecule has 0 aliphatic carbocycles. The Morgan fingerprint density at radius 1 is 1.29 bits per heavy atom. The van der Waals surface area contributed by atoms with Gasteiger partial charge >= 0.3 is 0 Å². The molecule has 0 fully saturated rings. The van der Waals surface area contributed by atoms with Gasteiger partial charge in [0.25, 0.3) is 5.91 Å². The standard InChI is InChI=1S/C15H13ClN4O/c1-18-13-7-6-12(16)14(20-13)15(21)19-11-4-2-10(3-5-11)8-9-17/h2-7H,8H2,1H3,(H,18,20)(H,19,21). The molecule has 1 aromatic carbocycles. The fourth-order valence-electron chi connectivity index (χ4n) is 1.73. The van der Waals surface area contributed by atoms with Crippen molar-refractivity contribution in [3.8, 4) is 6.07 Å². The van der Waals surface area contributed by atoms with Gasteiger partial charge in [-0.2, -0.15) is 5.26 Å². The van der Waals surface area contributed by atoms with Crippen molar-refractivity contribution in [1.29, 1.82) is 5.26 Å². The van der Waals surface area contributed by atoms with E-state index < -0.39 is 0 Å². The van der Waals surface area contributed by atoms with Crippen LogP contribution in [0.5, 0.6) is 0 Å². The number of amides is 1. The summed E-state index contributed by atoms with van der Waals surface area (Å²) >= 11 is 5.99. The first kappa shape index (κ1) is 14.8. The molecule has 106 valence electrons. The molecule has 2 rings (SSSR count). The minimum Gasteiger partial charge on any atom is -0.373 e. The summed E-state index contributed by atoms with van der Waals surface area (Å²) in [5, 5.41) is 14.5. The fraction of sp³-hybridized carbons (Fsp3) is 0.133. The van der Waals surface area contributed by atoms with Gasteiger partial charge in [-0.1, -0.05) is 23.7 Å². The molecule has 0 spiro atoms. The van der Waals surface area contributed by atoms with E-state index in [1.807, 2.05) is 0 Å². The average molecular weight is 301 g/mol. The Morgan fingerprint density at radius 2 is 2.00 bits per heavy atom. The van der Waals surface area contributed by atoms with Crippen LogP contribution < -0.4 is 10.6 Å². The maximum Gasteiger partial charge on any atom is 0.275 e. The molecule has 6 heteroatoms. The number of halogens is 1.